The van der Waals surface area contributed by atoms with Crippen molar-refractivity contribution in [1.29, 1.82) is 0 Å². The van der Waals surface area contributed by atoms with Crippen LogP contribution in [0.3, 0.4) is 0 Å². The van der Waals surface area contributed by atoms with E-state index in [1.807, 2.05) is 24.4 Å². The lowest BCUT2D eigenvalue weighted by Crippen LogP contribution is -2.48. The van der Waals surface area contributed by atoms with Crippen LogP contribution in [0.5, 0.6) is 0 Å². The summed E-state index contributed by atoms with van der Waals surface area (Å²) in [6.07, 6.45) is 0. The molecule has 146 valence electrons. The number of hydrogen-bond acceptors (Lipinski definition) is 5. The molecule has 0 spiro atoms. The van der Waals surface area contributed by atoms with Crippen molar-refractivity contribution in [3.8, 4) is 10.8 Å². The predicted molar refractivity (Wildman–Crippen MR) is 102 cm³/mol. The first-order valence-corrected chi connectivity index (χ1v) is 9.85. The molecule has 0 bridgehead atoms. The topological polar surface area (TPSA) is 49.6 Å². The summed E-state index contributed by atoms with van der Waals surface area (Å²) in [5.41, 5.74) is 1.14. The minimum Gasteiger partial charge on any atom is -0.459 e. The summed E-state index contributed by atoms with van der Waals surface area (Å²) < 4.78 is 32.0. The number of rotatable bonds is 4. The fraction of sp³-hybridized carbons (Fsp3) is 0.300. The predicted octanol–water partition coefficient (Wildman–Crippen LogP) is 3.95. The van der Waals surface area contributed by atoms with Gasteiger partial charge < -0.3 is 9.32 Å². The maximum atomic E-state index is 13.4. The van der Waals surface area contributed by atoms with E-state index in [2.05, 4.69) is 9.88 Å². The molecule has 4 rings (SSSR count). The molecule has 3 aromatic rings. The van der Waals surface area contributed by atoms with Crippen LogP contribution in [0.1, 0.15) is 21.8 Å². The van der Waals surface area contributed by atoms with E-state index in [0.29, 0.717) is 32.7 Å². The SMILES string of the molecule is Cc1ccc(-c2nc(CN3CCN(C(=O)c4ccc(F)c(F)c4)CC3)cs2)o1. The van der Waals surface area contributed by atoms with Gasteiger partial charge in [-0.2, -0.15) is 0 Å². The Kier molecular flexibility index (Phi) is 5.23. The first-order chi connectivity index (χ1) is 13.5. The fourth-order valence-electron chi connectivity index (χ4n) is 3.19. The molecule has 0 unspecified atom stereocenters. The van der Waals surface area contributed by atoms with Crippen LogP contribution in [0.15, 0.2) is 40.1 Å². The van der Waals surface area contributed by atoms with E-state index < -0.39 is 11.6 Å². The van der Waals surface area contributed by atoms with Gasteiger partial charge >= 0.3 is 0 Å². The molecule has 1 aromatic carbocycles. The lowest BCUT2D eigenvalue weighted by molar-refractivity contribution is 0.0626. The summed E-state index contributed by atoms with van der Waals surface area (Å²) >= 11 is 1.55. The molecule has 2 aromatic heterocycles. The summed E-state index contributed by atoms with van der Waals surface area (Å²) in [5, 5.41) is 2.88. The standard InChI is InChI=1S/C20H19F2N3O2S/c1-13-2-5-18(27-13)19-23-15(12-28-19)11-24-6-8-25(9-7-24)20(26)14-3-4-16(21)17(22)10-14/h2-5,10,12H,6-9,11H2,1H3. The highest BCUT2D eigenvalue weighted by atomic mass is 32.1. The molecule has 3 heterocycles. The zero-order valence-electron chi connectivity index (χ0n) is 15.3. The molecular formula is C20H19F2N3O2S. The van der Waals surface area contributed by atoms with Gasteiger partial charge in [-0.15, -0.1) is 11.3 Å². The van der Waals surface area contributed by atoms with Gasteiger partial charge in [0.1, 0.15) is 5.76 Å². The van der Waals surface area contributed by atoms with Gasteiger partial charge in [-0.3, -0.25) is 9.69 Å². The van der Waals surface area contributed by atoms with Crippen LogP contribution in [0.25, 0.3) is 10.8 Å². The number of halogens is 2. The van der Waals surface area contributed by atoms with E-state index in [9.17, 15) is 13.6 Å². The second-order valence-corrected chi connectivity index (χ2v) is 7.61. The molecule has 1 amide bonds. The zero-order chi connectivity index (χ0) is 19.7. The Morgan fingerprint density at radius 1 is 1.14 bits per heavy atom. The summed E-state index contributed by atoms with van der Waals surface area (Å²) in [4.78, 5) is 21.0. The first-order valence-electron chi connectivity index (χ1n) is 8.97. The number of aromatic nitrogens is 1. The number of benzene rings is 1. The molecule has 0 atom stereocenters. The number of nitrogens with zero attached hydrogens (tertiary/aromatic N) is 3. The second-order valence-electron chi connectivity index (χ2n) is 6.75. The molecule has 0 aliphatic carbocycles. The van der Waals surface area contributed by atoms with E-state index in [1.54, 1.807) is 16.2 Å². The highest BCUT2D eigenvalue weighted by Gasteiger charge is 2.23. The van der Waals surface area contributed by atoms with Crippen molar-refractivity contribution in [2.24, 2.45) is 0 Å². The average molecular weight is 403 g/mol. The van der Waals surface area contributed by atoms with Gasteiger partial charge in [0, 0.05) is 43.7 Å². The second kappa shape index (κ2) is 7.81. The van der Waals surface area contributed by atoms with Crippen LogP contribution in [-0.2, 0) is 6.54 Å². The molecule has 1 saturated heterocycles. The number of furan rings is 1. The van der Waals surface area contributed by atoms with Crippen LogP contribution >= 0.6 is 11.3 Å². The molecule has 0 radical (unpaired) electrons. The normalized spacial score (nSPS) is 15.2. The third-order valence-corrected chi connectivity index (χ3v) is 5.62. The fourth-order valence-corrected chi connectivity index (χ4v) is 3.96. The largest absolute Gasteiger partial charge is 0.459 e. The average Bonchev–Trinajstić information content (AvgIpc) is 3.33. The molecular weight excluding hydrogens is 384 g/mol. The Balaban J connectivity index is 1.33. The van der Waals surface area contributed by atoms with Crippen molar-refractivity contribution in [3.63, 3.8) is 0 Å². The van der Waals surface area contributed by atoms with E-state index in [1.165, 1.54) is 6.07 Å². The molecule has 0 N–H and O–H groups in total. The van der Waals surface area contributed by atoms with Crippen LogP contribution in [0, 0.1) is 18.6 Å². The van der Waals surface area contributed by atoms with Crippen molar-refractivity contribution in [3.05, 3.63) is 64.4 Å². The van der Waals surface area contributed by atoms with Crippen molar-refractivity contribution < 1.29 is 18.0 Å². The van der Waals surface area contributed by atoms with Gasteiger partial charge in [0.15, 0.2) is 22.4 Å². The monoisotopic (exact) mass is 403 g/mol. The van der Waals surface area contributed by atoms with E-state index in [4.69, 9.17) is 4.42 Å². The lowest BCUT2D eigenvalue weighted by atomic mass is 10.1. The minimum absolute atomic E-state index is 0.172. The number of carbonyl (C=O) groups excluding carboxylic acids is 1. The number of amides is 1. The number of thiazole rings is 1. The summed E-state index contributed by atoms with van der Waals surface area (Å²) in [7, 11) is 0. The van der Waals surface area contributed by atoms with Crippen LogP contribution in [0.4, 0.5) is 8.78 Å². The van der Waals surface area contributed by atoms with E-state index in [-0.39, 0.29) is 11.5 Å². The zero-order valence-corrected chi connectivity index (χ0v) is 16.1. The van der Waals surface area contributed by atoms with Gasteiger partial charge in [0.25, 0.3) is 5.91 Å². The van der Waals surface area contributed by atoms with Crippen LogP contribution in [-0.4, -0.2) is 46.9 Å². The number of piperazine rings is 1. The van der Waals surface area contributed by atoms with Gasteiger partial charge in [-0.05, 0) is 37.3 Å². The molecule has 0 saturated carbocycles. The third kappa shape index (κ3) is 3.98. The molecule has 1 fully saturated rings. The summed E-state index contributed by atoms with van der Waals surface area (Å²) in [5.74, 6) is -0.601. The molecule has 28 heavy (non-hydrogen) atoms. The Morgan fingerprint density at radius 2 is 1.93 bits per heavy atom. The van der Waals surface area contributed by atoms with Crippen molar-refractivity contribution >= 4 is 17.2 Å². The summed E-state index contributed by atoms with van der Waals surface area (Å²) in [6.45, 7) is 5.06. The summed E-state index contributed by atoms with van der Waals surface area (Å²) in [6, 6.07) is 7.09. The quantitative estimate of drug-likeness (QED) is 0.662. The Hall–Kier alpha value is -2.58. The highest BCUT2D eigenvalue weighted by Crippen LogP contribution is 2.26. The van der Waals surface area contributed by atoms with Crippen molar-refractivity contribution in [1.82, 2.24) is 14.8 Å². The van der Waals surface area contributed by atoms with Gasteiger partial charge in [0.2, 0.25) is 0 Å². The van der Waals surface area contributed by atoms with Gasteiger partial charge in [0.05, 0.1) is 5.69 Å². The molecule has 1 aliphatic rings. The van der Waals surface area contributed by atoms with Crippen LogP contribution < -0.4 is 0 Å². The Labute approximate surface area is 165 Å². The van der Waals surface area contributed by atoms with Gasteiger partial charge in [-0.1, -0.05) is 0 Å². The Bertz CT molecular complexity index is 993. The van der Waals surface area contributed by atoms with Crippen molar-refractivity contribution in [2.75, 3.05) is 26.2 Å². The van der Waals surface area contributed by atoms with Crippen molar-refractivity contribution in [2.45, 2.75) is 13.5 Å². The van der Waals surface area contributed by atoms with E-state index >= 15 is 0 Å². The minimum atomic E-state index is -1.00. The van der Waals surface area contributed by atoms with Crippen LogP contribution in [0.2, 0.25) is 0 Å². The van der Waals surface area contributed by atoms with Gasteiger partial charge in [-0.25, -0.2) is 13.8 Å². The number of hydrogen-bond donors (Lipinski definition) is 0. The maximum Gasteiger partial charge on any atom is 0.254 e. The highest BCUT2D eigenvalue weighted by molar-refractivity contribution is 7.13. The maximum absolute atomic E-state index is 13.4. The molecule has 1 aliphatic heterocycles. The molecule has 5 nitrogen and oxygen atoms in total. The number of aryl methyl sites for hydroxylation is 1. The van der Waals surface area contributed by atoms with E-state index in [0.717, 1.165) is 34.4 Å². The Morgan fingerprint density at radius 3 is 2.61 bits per heavy atom. The lowest BCUT2D eigenvalue weighted by Gasteiger charge is -2.34. The number of carbonyl (C=O) groups is 1. The third-order valence-electron chi connectivity index (χ3n) is 4.71. The first kappa shape index (κ1) is 18.8. The smallest absolute Gasteiger partial charge is 0.254 e. The molecule has 8 heteroatoms.